The summed E-state index contributed by atoms with van der Waals surface area (Å²) in [5.74, 6) is -0.196. The molecule has 0 aliphatic carbocycles. The van der Waals surface area contributed by atoms with E-state index in [0.717, 1.165) is 23.1 Å². The molecule has 4 rings (SSSR count). The summed E-state index contributed by atoms with van der Waals surface area (Å²) < 4.78 is 1.06. The van der Waals surface area contributed by atoms with Gasteiger partial charge in [0.2, 0.25) is 11.8 Å². The molecule has 0 spiro atoms. The zero-order valence-electron chi connectivity index (χ0n) is 13.4. The number of hydrogen-bond acceptors (Lipinski definition) is 5. The van der Waals surface area contributed by atoms with Crippen LogP contribution in [0.2, 0.25) is 0 Å². The minimum absolute atomic E-state index is 0.0129. The van der Waals surface area contributed by atoms with Crippen LogP contribution >= 0.6 is 11.3 Å². The van der Waals surface area contributed by atoms with E-state index in [4.69, 9.17) is 5.73 Å². The van der Waals surface area contributed by atoms with E-state index in [1.165, 1.54) is 11.3 Å². The summed E-state index contributed by atoms with van der Waals surface area (Å²) in [6, 6.07) is 8.03. The number of hydrogen-bond donors (Lipinski definition) is 1. The van der Waals surface area contributed by atoms with Crippen molar-refractivity contribution < 1.29 is 9.59 Å². The summed E-state index contributed by atoms with van der Waals surface area (Å²) in [6.07, 6.45) is 1.96. The van der Waals surface area contributed by atoms with E-state index in [1.807, 2.05) is 29.2 Å². The van der Waals surface area contributed by atoms with Crippen LogP contribution in [-0.4, -0.2) is 47.4 Å². The third-order valence-electron chi connectivity index (χ3n) is 4.84. The van der Waals surface area contributed by atoms with Gasteiger partial charge in [-0.3, -0.25) is 14.5 Å². The van der Waals surface area contributed by atoms with Crippen molar-refractivity contribution in [3.05, 3.63) is 24.3 Å². The zero-order chi connectivity index (χ0) is 16.7. The number of likely N-dealkylation sites (tertiary alicyclic amines) is 1. The van der Waals surface area contributed by atoms with Crippen molar-refractivity contribution in [1.29, 1.82) is 0 Å². The lowest BCUT2D eigenvalue weighted by Gasteiger charge is -2.31. The van der Waals surface area contributed by atoms with Gasteiger partial charge in [-0.2, -0.15) is 0 Å². The normalized spacial score (nSPS) is 22.5. The first-order chi connectivity index (χ1) is 11.6. The van der Waals surface area contributed by atoms with Crippen LogP contribution in [0.5, 0.6) is 0 Å². The molecule has 0 radical (unpaired) electrons. The van der Waals surface area contributed by atoms with Crippen LogP contribution in [-0.2, 0) is 9.59 Å². The number of carbonyl (C=O) groups excluding carboxylic acids is 2. The summed E-state index contributed by atoms with van der Waals surface area (Å²) >= 11 is 1.50. The van der Waals surface area contributed by atoms with Crippen LogP contribution in [0.3, 0.4) is 0 Å². The molecule has 0 bridgehead atoms. The Morgan fingerprint density at radius 2 is 2.00 bits per heavy atom. The molecule has 7 heteroatoms. The summed E-state index contributed by atoms with van der Waals surface area (Å²) in [5, 5.41) is 0.692. The number of carbonyl (C=O) groups is 2. The number of nitrogens with two attached hydrogens (primary N) is 1. The first-order valence-electron chi connectivity index (χ1n) is 8.32. The van der Waals surface area contributed by atoms with Crippen LogP contribution in [0.25, 0.3) is 10.2 Å². The van der Waals surface area contributed by atoms with Crippen LogP contribution in [0.1, 0.15) is 19.3 Å². The van der Waals surface area contributed by atoms with E-state index in [0.29, 0.717) is 24.8 Å². The summed E-state index contributed by atoms with van der Waals surface area (Å²) in [4.78, 5) is 33.2. The maximum absolute atomic E-state index is 12.7. The van der Waals surface area contributed by atoms with E-state index >= 15 is 0 Å². The number of thiazole rings is 1. The lowest BCUT2D eigenvalue weighted by molar-refractivity contribution is -0.136. The highest BCUT2D eigenvalue weighted by atomic mass is 32.1. The highest BCUT2D eigenvalue weighted by molar-refractivity contribution is 7.22. The van der Waals surface area contributed by atoms with Gasteiger partial charge in [0.15, 0.2) is 5.13 Å². The van der Waals surface area contributed by atoms with Crippen LogP contribution in [0.4, 0.5) is 5.13 Å². The Morgan fingerprint density at radius 3 is 2.75 bits per heavy atom. The van der Waals surface area contributed by atoms with Gasteiger partial charge in [-0.05, 0) is 25.0 Å². The number of piperidine rings is 1. The average Bonchev–Trinajstić information content (AvgIpc) is 3.18. The van der Waals surface area contributed by atoms with E-state index in [2.05, 4.69) is 4.98 Å². The second-order valence-electron chi connectivity index (χ2n) is 6.53. The monoisotopic (exact) mass is 344 g/mol. The number of rotatable bonds is 2. The lowest BCUT2D eigenvalue weighted by Crippen LogP contribution is -2.45. The summed E-state index contributed by atoms with van der Waals surface area (Å²) in [7, 11) is 0. The van der Waals surface area contributed by atoms with Gasteiger partial charge in [-0.25, -0.2) is 4.98 Å². The molecule has 126 valence electrons. The number of nitrogens with zero attached hydrogens (tertiary/aromatic N) is 3. The van der Waals surface area contributed by atoms with E-state index in [-0.39, 0.29) is 30.2 Å². The maximum Gasteiger partial charge on any atom is 0.229 e. The quantitative estimate of drug-likeness (QED) is 0.897. The van der Waals surface area contributed by atoms with Gasteiger partial charge >= 0.3 is 0 Å². The number of anilines is 1. The molecule has 6 nitrogen and oxygen atoms in total. The number of amides is 2. The molecule has 24 heavy (non-hydrogen) atoms. The molecule has 2 aliphatic heterocycles. The predicted molar refractivity (Wildman–Crippen MR) is 93.9 cm³/mol. The molecule has 2 N–H and O–H groups in total. The topological polar surface area (TPSA) is 79.5 Å². The third-order valence-corrected chi connectivity index (χ3v) is 5.90. The van der Waals surface area contributed by atoms with Crippen molar-refractivity contribution in [3.8, 4) is 0 Å². The van der Waals surface area contributed by atoms with Crippen LogP contribution < -0.4 is 10.6 Å². The molecule has 2 amide bonds. The number of para-hydroxylation sites is 1. The van der Waals surface area contributed by atoms with Crippen molar-refractivity contribution in [1.82, 2.24) is 9.88 Å². The largest absolute Gasteiger partial charge is 0.342 e. The molecular weight excluding hydrogens is 324 g/mol. The van der Waals surface area contributed by atoms with Gasteiger partial charge in [0.05, 0.1) is 16.1 Å². The highest BCUT2D eigenvalue weighted by Gasteiger charge is 2.38. The molecular formula is C17H20N4O2S. The third kappa shape index (κ3) is 2.78. The fourth-order valence-electron chi connectivity index (χ4n) is 3.41. The standard InChI is InChI=1S/C17H20N4O2S/c18-12-5-7-20(8-6-12)16(23)11-9-15(22)21(10-11)17-19-13-3-1-2-4-14(13)24-17/h1-4,11-12H,5-10,18H2. The molecule has 3 heterocycles. The molecule has 2 saturated heterocycles. The van der Waals surface area contributed by atoms with Gasteiger partial charge in [-0.15, -0.1) is 0 Å². The van der Waals surface area contributed by atoms with Gasteiger partial charge in [-0.1, -0.05) is 23.5 Å². The molecule has 2 aromatic rings. The molecule has 1 atom stereocenters. The van der Waals surface area contributed by atoms with E-state index < -0.39 is 0 Å². The highest BCUT2D eigenvalue weighted by Crippen LogP contribution is 2.33. The Balaban J connectivity index is 1.49. The maximum atomic E-state index is 12.7. The molecule has 1 aromatic heterocycles. The Hall–Kier alpha value is -1.99. The van der Waals surface area contributed by atoms with Gasteiger partial charge < -0.3 is 10.6 Å². The number of aromatic nitrogens is 1. The van der Waals surface area contributed by atoms with Gasteiger partial charge in [0.1, 0.15) is 0 Å². The van der Waals surface area contributed by atoms with Crippen molar-refractivity contribution in [2.45, 2.75) is 25.3 Å². The fraction of sp³-hybridized carbons (Fsp3) is 0.471. The lowest BCUT2D eigenvalue weighted by atomic mass is 10.0. The molecule has 1 unspecified atom stereocenters. The predicted octanol–water partition coefficient (Wildman–Crippen LogP) is 1.60. The minimum Gasteiger partial charge on any atom is -0.342 e. The summed E-state index contributed by atoms with van der Waals surface area (Å²) in [5.41, 5.74) is 6.79. The Morgan fingerprint density at radius 1 is 1.25 bits per heavy atom. The van der Waals surface area contributed by atoms with E-state index in [1.54, 1.807) is 4.90 Å². The van der Waals surface area contributed by atoms with Crippen LogP contribution in [0, 0.1) is 5.92 Å². The van der Waals surface area contributed by atoms with Crippen molar-refractivity contribution in [3.63, 3.8) is 0 Å². The fourth-order valence-corrected chi connectivity index (χ4v) is 4.40. The zero-order valence-corrected chi connectivity index (χ0v) is 14.2. The molecule has 2 fully saturated rings. The molecule has 2 aliphatic rings. The SMILES string of the molecule is NC1CCN(C(=O)C2CC(=O)N(c3nc4ccccc4s3)C2)CC1. The first-order valence-corrected chi connectivity index (χ1v) is 9.14. The van der Waals surface area contributed by atoms with Crippen molar-refractivity contribution in [2.24, 2.45) is 11.7 Å². The van der Waals surface area contributed by atoms with E-state index in [9.17, 15) is 9.59 Å². The Kier molecular flexibility index (Phi) is 3.97. The van der Waals surface area contributed by atoms with Gasteiger partial charge in [0, 0.05) is 32.1 Å². The Labute approximate surface area is 144 Å². The smallest absolute Gasteiger partial charge is 0.229 e. The second kappa shape index (κ2) is 6.14. The number of fused-ring (bicyclic) bond motifs is 1. The van der Waals surface area contributed by atoms with Gasteiger partial charge in [0.25, 0.3) is 0 Å². The number of benzene rings is 1. The minimum atomic E-state index is -0.265. The second-order valence-corrected chi connectivity index (χ2v) is 7.54. The molecule has 1 aromatic carbocycles. The average molecular weight is 344 g/mol. The van der Waals surface area contributed by atoms with Crippen molar-refractivity contribution >= 4 is 38.5 Å². The Bertz CT molecular complexity index is 749. The van der Waals surface area contributed by atoms with Crippen LogP contribution in [0.15, 0.2) is 24.3 Å². The summed E-state index contributed by atoms with van der Waals surface area (Å²) in [6.45, 7) is 1.83. The van der Waals surface area contributed by atoms with Crippen molar-refractivity contribution in [2.75, 3.05) is 24.5 Å². The molecule has 0 saturated carbocycles. The first kappa shape index (κ1) is 15.5.